The molecule has 0 saturated heterocycles. The monoisotopic (exact) mass is 189 g/mol. The van der Waals surface area contributed by atoms with Gasteiger partial charge in [0.05, 0.1) is 0 Å². The van der Waals surface area contributed by atoms with Crippen molar-refractivity contribution in [1.82, 2.24) is 4.57 Å². The molecule has 1 rings (SSSR count). The number of hydrogen-bond acceptors (Lipinski definition) is 0. The first-order chi connectivity index (χ1) is 6.38. The summed E-state index contributed by atoms with van der Waals surface area (Å²) in [6.07, 6.45) is 3.93. The summed E-state index contributed by atoms with van der Waals surface area (Å²) in [6.45, 7) is 14.5. The van der Waals surface area contributed by atoms with Crippen LogP contribution in [0.2, 0.25) is 0 Å². The second-order valence-corrected chi connectivity index (χ2v) is 4.66. The molecule has 0 aliphatic carbocycles. The Balaban J connectivity index is 3.20. The zero-order valence-electron chi connectivity index (χ0n) is 9.59. The number of hydrogen-bond donors (Lipinski definition) is 0. The number of aryl methyl sites for hydroxylation is 1. The van der Waals surface area contributed by atoms with Gasteiger partial charge >= 0.3 is 0 Å². The standard InChI is InChI=1S/C13H19N/c1-7-12-11(8-9-14(12)6)10(2)13(3,4)5/h7-9H,1-2H2,3-6H3. The Bertz CT molecular complexity index is 361. The van der Waals surface area contributed by atoms with Crippen molar-refractivity contribution in [2.24, 2.45) is 12.5 Å². The molecule has 0 aromatic carbocycles. The average molecular weight is 189 g/mol. The summed E-state index contributed by atoms with van der Waals surface area (Å²) >= 11 is 0. The topological polar surface area (TPSA) is 4.93 Å². The quantitative estimate of drug-likeness (QED) is 0.668. The summed E-state index contributed by atoms with van der Waals surface area (Å²) < 4.78 is 2.07. The molecule has 1 nitrogen and oxygen atoms in total. The van der Waals surface area contributed by atoms with Gasteiger partial charge in [-0.3, -0.25) is 0 Å². The summed E-state index contributed by atoms with van der Waals surface area (Å²) in [5, 5.41) is 0. The molecule has 76 valence electrons. The van der Waals surface area contributed by atoms with E-state index in [1.165, 1.54) is 5.56 Å². The van der Waals surface area contributed by atoms with Crippen LogP contribution in [0.1, 0.15) is 32.0 Å². The molecule has 0 saturated carbocycles. The van der Waals surface area contributed by atoms with Crippen molar-refractivity contribution >= 4 is 11.6 Å². The van der Waals surface area contributed by atoms with E-state index in [1.54, 1.807) is 0 Å². The van der Waals surface area contributed by atoms with Gasteiger partial charge in [0.15, 0.2) is 0 Å². The molecular formula is C13H19N. The van der Waals surface area contributed by atoms with Gasteiger partial charge in [-0.15, -0.1) is 0 Å². The van der Waals surface area contributed by atoms with E-state index in [0.29, 0.717) is 0 Å². The first-order valence-electron chi connectivity index (χ1n) is 4.85. The molecule has 1 heteroatoms. The van der Waals surface area contributed by atoms with Crippen molar-refractivity contribution in [1.29, 1.82) is 0 Å². The summed E-state index contributed by atoms with van der Waals surface area (Å²) in [4.78, 5) is 0. The Labute approximate surface area is 86.8 Å². The van der Waals surface area contributed by atoms with Crippen molar-refractivity contribution in [2.75, 3.05) is 0 Å². The molecule has 1 aromatic rings. The van der Waals surface area contributed by atoms with Crippen LogP contribution in [-0.4, -0.2) is 4.57 Å². The van der Waals surface area contributed by atoms with Crippen LogP contribution in [-0.2, 0) is 7.05 Å². The van der Waals surface area contributed by atoms with Crippen LogP contribution in [0.4, 0.5) is 0 Å². The van der Waals surface area contributed by atoms with E-state index in [9.17, 15) is 0 Å². The van der Waals surface area contributed by atoms with E-state index >= 15 is 0 Å². The highest BCUT2D eigenvalue weighted by atomic mass is 14.9. The molecule has 0 atom stereocenters. The van der Waals surface area contributed by atoms with Crippen molar-refractivity contribution in [3.05, 3.63) is 36.7 Å². The number of allylic oxidation sites excluding steroid dienone is 1. The van der Waals surface area contributed by atoms with Crippen molar-refractivity contribution in [3.63, 3.8) is 0 Å². The van der Waals surface area contributed by atoms with Gasteiger partial charge < -0.3 is 4.57 Å². The van der Waals surface area contributed by atoms with Gasteiger partial charge in [-0.2, -0.15) is 0 Å². The van der Waals surface area contributed by atoms with E-state index in [-0.39, 0.29) is 5.41 Å². The predicted molar refractivity (Wildman–Crippen MR) is 64.0 cm³/mol. The molecule has 0 radical (unpaired) electrons. The van der Waals surface area contributed by atoms with E-state index in [1.807, 2.05) is 19.3 Å². The molecule has 0 bridgehead atoms. The normalized spacial score (nSPS) is 11.4. The largest absolute Gasteiger partial charge is 0.351 e. The highest BCUT2D eigenvalue weighted by molar-refractivity contribution is 5.74. The van der Waals surface area contributed by atoms with Gasteiger partial charge in [-0.25, -0.2) is 0 Å². The summed E-state index contributed by atoms with van der Waals surface area (Å²) in [5.41, 5.74) is 3.62. The zero-order valence-corrected chi connectivity index (χ0v) is 9.59. The van der Waals surface area contributed by atoms with Gasteiger partial charge in [0, 0.05) is 24.5 Å². The fourth-order valence-corrected chi connectivity index (χ4v) is 1.46. The molecule has 0 N–H and O–H groups in total. The fraction of sp³-hybridized carbons (Fsp3) is 0.385. The highest BCUT2D eigenvalue weighted by Gasteiger charge is 2.19. The summed E-state index contributed by atoms with van der Waals surface area (Å²) in [5.74, 6) is 0. The highest BCUT2D eigenvalue weighted by Crippen LogP contribution is 2.34. The molecule has 0 aliphatic heterocycles. The van der Waals surface area contributed by atoms with Gasteiger partial charge in [-0.05, 0) is 23.1 Å². The molecule has 0 aliphatic rings. The third-order valence-corrected chi connectivity index (χ3v) is 2.54. The maximum absolute atomic E-state index is 4.16. The van der Waals surface area contributed by atoms with E-state index in [4.69, 9.17) is 0 Å². The van der Waals surface area contributed by atoms with Crippen LogP contribution in [0.3, 0.4) is 0 Å². The third kappa shape index (κ3) is 1.82. The zero-order chi connectivity index (χ0) is 10.9. The smallest absolute Gasteiger partial charge is 0.0474 e. The lowest BCUT2D eigenvalue weighted by Gasteiger charge is -2.22. The Morgan fingerprint density at radius 1 is 1.43 bits per heavy atom. The number of rotatable bonds is 2. The lowest BCUT2D eigenvalue weighted by Crippen LogP contribution is -2.08. The molecule has 0 amide bonds. The van der Waals surface area contributed by atoms with Gasteiger partial charge in [0.2, 0.25) is 0 Å². The van der Waals surface area contributed by atoms with Crippen LogP contribution in [0, 0.1) is 5.41 Å². The number of nitrogens with zero attached hydrogens (tertiary/aromatic N) is 1. The van der Waals surface area contributed by atoms with Crippen LogP contribution >= 0.6 is 0 Å². The van der Waals surface area contributed by atoms with Crippen molar-refractivity contribution in [3.8, 4) is 0 Å². The first-order valence-corrected chi connectivity index (χ1v) is 4.85. The van der Waals surface area contributed by atoms with E-state index in [2.05, 4.69) is 44.6 Å². The SMILES string of the molecule is C=Cc1c(C(=C)C(C)(C)C)ccn1C. The second-order valence-electron chi connectivity index (χ2n) is 4.66. The van der Waals surface area contributed by atoms with Crippen LogP contribution < -0.4 is 0 Å². The predicted octanol–water partition coefficient (Wildman–Crippen LogP) is 3.73. The maximum Gasteiger partial charge on any atom is 0.0474 e. The molecule has 0 fully saturated rings. The van der Waals surface area contributed by atoms with Crippen LogP contribution in [0.5, 0.6) is 0 Å². The molecule has 14 heavy (non-hydrogen) atoms. The average Bonchev–Trinajstić information content (AvgIpc) is 2.43. The van der Waals surface area contributed by atoms with Gasteiger partial charge in [0.1, 0.15) is 0 Å². The van der Waals surface area contributed by atoms with E-state index < -0.39 is 0 Å². The lowest BCUT2D eigenvalue weighted by molar-refractivity contribution is 0.568. The Morgan fingerprint density at radius 2 is 2.00 bits per heavy atom. The number of aromatic nitrogens is 1. The van der Waals surface area contributed by atoms with Gasteiger partial charge in [0.25, 0.3) is 0 Å². The minimum atomic E-state index is 0.110. The minimum absolute atomic E-state index is 0.110. The van der Waals surface area contributed by atoms with E-state index in [0.717, 1.165) is 11.3 Å². The summed E-state index contributed by atoms with van der Waals surface area (Å²) in [7, 11) is 2.02. The second kappa shape index (κ2) is 3.49. The Morgan fingerprint density at radius 3 is 2.43 bits per heavy atom. The minimum Gasteiger partial charge on any atom is -0.351 e. The Hall–Kier alpha value is -1.24. The van der Waals surface area contributed by atoms with Crippen LogP contribution in [0.25, 0.3) is 11.6 Å². The lowest BCUT2D eigenvalue weighted by atomic mass is 9.83. The molecule has 0 spiro atoms. The van der Waals surface area contributed by atoms with Crippen molar-refractivity contribution < 1.29 is 0 Å². The molecular weight excluding hydrogens is 170 g/mol. The first kappa shape index (κ1) is 10.8. The van der Waals surface area contributed by atoms with Crippen LogP contribution in [0.15, 0.2) is 25.4 Å². The molecule has 1 aromatic heterocycles. The maximum atomic E-state index is 4.16. The molecule has 1 heterocycles. The Kier molecular flexibility index (Phi) is 2.70. The summed E-state index contributed by atoms with van der Waals surface area (Å²) in [6, 6.07) is 2.10. The third-order valence-electron chi connectivity index (χ3n) is 2.54. The fourth-order valence-electron chi connectivity index (χ4n) is 1.46. The van der Waals surface area contributed by atoms with Crippen molar-refractivity contribution in [2.45, 2.75) is 20.8 Å². The van der Waals surface area contributed by atoms with Gasteiger partial charge in [-0.1, -0.05) is 33.9 Å². The molecule has 0 unspecified atom stereocenters.